The van der Waals surface area contributed by atoms with Crippen molar-refractivity contribution >= 4 is 5.69 Å². The number of hydrogen-bond acceptors (Lipinski definition) is 4. The lowest BCUT2D eigenvalue weighted by Crippen LogP contribution is -2.26. The summed E-state index contributed by atoms with van der Waals surface area (Å²) in [6.07, 6.45) is 1.40. The Balaban J connectivity index is 2.49. The summed E-state index contributed by atoms with van der Waals surface area (Å²) in [4.78, 5) is 20.5. The van der Waals surface area contributed by atoms with E-state index in [2.05, 4.69) is 9.97 Å². The van der Waals surface area contributed by atoms with E-state index in [0.29, 0.717) is 5.82 Å². The van der Waals surface area contributed by atoms with E-state index in [9.17, 15) is 4.79 Å². The molecule has 1 aromatic heterocycles. The molecule has 0 radical (unpaired) electrons. The van der Waals surface area contributed by atoms with Gasteiger partial charge < -0.3 is 10.7 Å². The van der Waals surface area contributed by atoms with Gasteiger partial charge in [-0.2, -0.15) is 0 Å². The summed E-state index contributed by atoms with van der Waals surface area (Å²) in [5.41, 5.74) is 6.38. The molecule has 0 fully saturated rings. The van der Waals surface area contributed by atoms with Gasteiger partial charge in [0.2, 0.25) is 0 Å². The number of nitrogen functional groups attached to an aromatic ring is 1. The van der Waals surface area contributed by atoms with Gasteiger partial charge in [-0.05, 0) is 19.7 Å². The lowest BCUT2D eigenvalue weighted by Gasteiger charge is -2.23. The Labute approximate surface area is 105 Å². The Kier molecular flexibility index (Phi) is 3.43. The highest BCUT2D eigenvalue weighted by molar-refractivity contribution is 5.32. The number of hydrogen-bond donors (Lipinski definition) is 2. The second-order valence-electron chi connectivity index (χ2n) is 4.33. The SMILES string of the molecule is CN(C)C(c1ccccc1)c1ncc(N)c(=O)[nH]1. The maximum atomic E-state index is 11.6. The Bertz CT molecular complexity index is 577. The summed E-state index contributed by atoms with van der Waals surface area (Å²) in [6, 6.07) is 9.78. The normalized spacial score (nSPS) is 12.6. The van der Waals surface area contributed by atoms with Crippen LogP contribution in [0.25, 0.3) is 0 Å². The predicted octanol–water partition coefficient (Wildman–Crippen LogP) is 1.00. The first-order chi connectivity index (χ1) is 8.59. The zero-order chi connectivity index (χ0) is 13.1. The van der Waals surface area contributed by atoms with Crippen LogP contribution in [0.3, 0.4) is 0 Å². The highest BCUT2D eigenvalue weighted by atomic mass is 16.1. The molecule has 5 heteroatoms. The van der Waals surface area contributed by atoms with Crippen molar-refractivity contribution in [3.63, 3.8) is 0 Å². The maximum Gasteiger partial charge on any atom is 0.274 e. The van der Waals surface area contributed by atoms with E-state index in [1.807, 2.05) is 49.3 Å². The van der Waals surface area contributed by atoms with Crippen molar-refractivity contribution in [1.82, 2.24) is 14.9 Å². The first kappa shape index (κ1) is 12.3. The molecule has 1 aromatic carbocycles. The molecule has 0 amide bonds. The number of rotatable bonds is 3. The van der Waals surface area contributed by atoms with Gasteiger partial charge in [-0.25, -0.2) is 4.98 Å². The van der Waals surface area contributed by atoms with Crippen LogP contribution in [-0.2, 0) is 0 Å². The van der Waals surface area contributed by atoms with E-state index in [4.69, 9.17) is 5.73 Å². The fourth-order valence-electron chi connectivity index (χ4n) is 1.89. The third kappa shape index (κ3) is 2.41. The van der Waals surface area contributed by atoms with Crippen molar-refractivity contribution in [2.45, 2.75) is 6.04 Å². The Morgan fingerprint density at radius 2 is 1.94 bits per heavy atom. The minimum atomic E-state index is -0.303. The van der Waals surface area contributed by atoms with Crippen LogP contribution in [0, 0.1) is 0 Å². The molecule has 3 N–H and O–H groups in total. The molecular formula is C13H16N4O. The zero-order valence-electron chi connectivity index (χ0n) is 10.4. The summed E-state index contributed by atoms with van der Waals surface area (Å²) < 4.78 is 0. The van der Waals surface area contributed by atoms with Gasteiger partial charge in [-0.15, -0.1) is 0 Å². The molecule has 0 aliphatic heterocycles. The number of nitrogens with two attached hydrogens (primary N) is 1. The van der Waals surface area contributed by atoms with Crippen molar-refractivity contribution in [2.75, 3.05) is 19.8 Å². The van der Waals surface area contributed by atoms with Crippen LogP contribution in [0.15, 0.2) is 41.3 Å². The molecule has 0 saturated heterocycles. The number of benzene rings is 1. The van der Waals surface area contributed by atoms with Crippen molar-refractivity contribution in [1.29, 1.82) is 0 Å². The number of nitrogens with zero attached hydrogens (tertiary/aromatic N) is 2. The van der Waals surface area contributed by atoms with Crippen LogP contribution in [0.1, 0.15) is 17.4 Å². The molecule has 0 bridgehead atoms. The maximum absolute atomic E-state index is 11.6. The molecule has 5 nitrogen and oxygen atoms in total. The van der Waals surface area contributed by atoms with E-state index in [-0.39, 0.29) is 17.3 Å². The van der Waals surface area contributed by atoms with Gasteiger partial charge in [0.25, 0.3) is 5.56 Å². The van der Waals surface area contributed by atoms with Gasteiger partial charge >= 0.3 is 0 Å². The lowest BCUT2D eigenvalue weighted by atomic mass is 10.1. The topological polar surface area (TPSA) is 75.0 Å². The van der Waals surface area contributed by atoms with Gasteiger partial charge in [0.05, 0.1) is 12.2 Å². The molecule has 18 heavy (non-hydrogen) atoms. The summed E-state index contributed by atoms with van der Waals surface area (Å²) >= 11 is 0. The third-order valence-corrected chi connectivity index (χ3v) is 2.74. The molecule has 1 atom stereocenters. The summed E-state index contributed by atoms with van der Waals surface area (Å²) in [5.74, 6) is 0.588. The molecule has 0 aliphatic carbocycles. The van der Waals surface area contributed by atoms with Crippen LogP contribution in [-0.4, -0.2) is 29.0 Å². The second kappa shape index (κ2) is 5.01. The van der Waals surface area contributed by atoms with Gasteiger partial charge in [-0.1, -0.05) is 30.3 Å². The van der Waals surface area contributed by atoms with Gasteiger partial charge in [0, 0.05) is 0 Å². The molecule has 1 unspecified atom stereocenters. The van der Waals surface area contributed by atoms with Crippen molar-refractivity contribution in [3.05, 3.63) is 58.3 Å². The number of aromatic nitrogens is 2. The van der Waals surface area contributed by atoms with Crippen LogP contribution < -0.4 is 11.3 Å². The highest BCUT2D eigenvalue weighted by Crippen LogP contribution is 2.22. The van der Waals surface area contributed by atoms with E-state index < -0.39 is 0 Å². The van der Waals surface area contributed by atoms with Gasteiger partial charge in [0.1, 0.15) is 11.5 Å². The summed E-state index contributed by atoms with van der Waals surface area (Å²) in [7, 11) is 3.88. The monoisotopic (exact) mass is 244 g/mol. The first-order valence-electron chi connectivity index (χ1n) is 5.65. The summed E-state index contributed by atoms with van der Waals surface area (Å²) in [6.45, 7) is 0. The van der Waals surface area contributed by atoms with Crippen molar-refractivity contribution in [3.8, 4) is 0 Å². The average molecular weight is 244 g/mol. The van der Waals surface area contributed by atoms with Crippen molar-refractivity contribution in [2.24, 2.45) is 0 Å². The standard InChI is InChI=1S/C13H16N4O/c1-17(2)11(9-6-4-3-5-7-9)12-15-8-10(14)13(18)16-12/h3-8,11H,14H2,1-2H3,(H,15,16,18). The Morgan fingerprint density at radius 1 is 1.28 bits per heavy atom. The van der Waals surface area contributed by atoms with Crippen LogP contribution >= 0.6 is 0 Å². The highest BCUT2D eigenvalue weighted by Gasteiger charge is 2.18. The minimum absolute atomic E-state index is 0.0977. The smallest absolute Gasteiger partial charge is 0.274 e. The Hall–Kier alpha value is -2.14. The first-order valence-corrected chi connectivity index (χ1v) is 5.65. The van der Waals surface area contributed by atoms with E-state index in [0.717, 1.165) is 5.56 Å². The van der Waals surface area contributed by atoms with Crippen molar-refractivity contribution < 1.29 is 0 Å². The number of aromatic amines is 1. The zero-order valence-corrected chi connectivity index (χ0v) is 10.4. The molecular weight excluding hydrogens is 228 g/mol. The third-order valence-electron chi connectivity index (χ3n) is 2.74. The lowest BCUT2D eigenvalue weighted by molar-refractivity contribution is 0.329. The van der Waals surface area contributed by atoms with Crippen LogP contribution in [0.5, 0.6) is 0 Å². The molecule has 1 heterocycles. The van der Waals surface area contributed by atoms with Gasteiger partial charge in [0.15, 0.2) is 0 Å². The summed E-state index contributed by atoms with van der Waals surface area (Å²) in [5, 5.41) is 0. The average Bonchev–Trinajstić information content (AvgIpc) is 2.35. The predicted molar refractivity (Wildman–Crippen MR) is 71.2 cm³/mol. The molecule has 0 saturated carbocycles. The van der Waals surface area contributed by atoms with E-state index >= 15 is 0 Å². The fourth-order valence-corrected chi connectivity index (χ4v) is 1.89. The number of H-pyrrole nitrogens is 1. The molecule has 2 rings (SSSR count). The van der Waals surface area contributed by atoms with Crippen LogP contribution in [0.4, 0.5) is 5.69 Å². The van der Waals surface area contributed by atoms with Crippen LogP contribution in [0.2, 0.25) is 0 Å². The van der Waals surface area contributed by atoms with E-state index in [1.165, 1.54) is 6.20 Å². The quantitative estimate of drug-likeness (QED) is 0.844. The number of anilines is 1. The fraction of sp³-hybridized carbons (Fsp3) is 0.231. The van der Waals surface area contributed by atoms with Gasteiger partial charge in [-0.3, -0.25) is 9.69 Å². The molecule has 0 aliphatic rings. The minimum Gasteiger partial charge on any atom is -0.393 e. The molecule has 94 valence electrons. The molecule has 2 aromatic rings. The largest absolute Gasteiger partial charge is 0.393 e. The van der Waals surface area contributed by atoms with E-state index in [1.54, 1.807) is 0 Å². The molecule has 0 spiro atoms. The second-order valence-corrected chi connectivity index (χ2v) is 4.33. The number of nitrogens with one attached hydrogen (secondary N) is 1. The Morgan fingerprint density at radius 3 is 2.50 bits per heavy atom.